The average molecular weight is 460 g/mol. The predicted octanol–water partition coefficient (Wildman–Crippen LogP) is 7.53. The molecule has 5 rings (SSSR count). The Kier molecular flexibility index (Phi) is 9.60. The Labute approximate surface area is 203 Å². The van der Waals surface area contributed by atoms with E-state index in [9.17, 15) is 5.11 Å². The van der Waals surface area contributed by atoms with Crippen LogP contribution in [0.25, 0.3) is 22.3 Å². The highest BCUT2D eigenvalue weighted by atomic mass is 16.5. The summed E-state index contributed by atoms with van der Waals surface area (Å²) in [7, 11) is 3.86. The van der Waals surface area contributed by atoms with E-state index in [4.69, 9.17) is 9.15 Å². The molecule has 1 aliphatic rings. The van der Waals surface area contributed by atoms with E-state index in [2.05, 4.69) is 24.1 Å². The lowest BCUT2D eigenvalue weighted by atomic mass is 9.98. The van der Waals surface area contributed by atoms with Gasteiger partial charge in [-0.15, -0.1) is 0 Å². The van der Waals surface area contributed by atoms with Gasteiger partial charge in [0, 0.05) is 29.0 Å². The van der Waals surface area contributed by atoms with Crippen LogP contribution < -0.4 is 4.74 Å². The maximum absolute atomic E-state index is 9.77. The monoisotopic (exact) mass is 459 g/mol. The Morgan fingerprint density at radius 3 is 2.15 bits per heavy atom. The molecule has 1 aliphatic heterocycles. The van der Waals surface area contributed by atoms with E-state index in [0.717, 1.165) is 34.4 Å². The molecule has 0 radical (unpaired) electrons. The van der Waals surface area contributed by atoms with Crippen molar-refractivity contribution in [2.75, 3.05) is 27.2 Å². The summed E-state index contributed by atoms with van der Waals surface area (Å²) in [6.07, 6.45) is 5.02. The largest absolute Gasteiger partial charge is 0.508 e. The van der Waals surface area contributed by atoms with Crippen molar-refractivity contribution >= 4 is 11.0 Å². The van der Waals surface area contributed by atoms with Gasteiger partial charge in [0.1, 0.15) is 22.8 Å². The molecule has 4 aromatic rings. The van der Waals surface area contributed by atoms with Crippen LogP contribution in [0.5, 0.6) is 11.5 Å². The topological polar surface area (TPSA) is 45.8 Å². The number of ether oxygens (including phenoxy) is 1. The van der Waals surface area contributed by atoms with Crippen LogP contribution >= 0.6 is 0 Å². The number of phenols is 1. The number of hydrogen-bond donors (Lipinski definition) is 1. The van der Waals surface area contributed by atoms with Gasteiger partial charge in [0.15, 0.2) is 0 Å². The molecule has 0 saturated carbocycles. The Bertz CT molecular complexity index is 1130. The standard InChI is InChI=1S/C22H18O3.C6H13N.C2H6/c1-24-18-10-7-15(8-11-18)13-20-19-12-9-17(23)14-21(19)25-22(20)16-5-3-2-4-6-16;1-7-5-3-2-4-6-7;1-2/h2-12,14,23H,13H2,1H3;2-6H2,1H3;1-2H3. The van der Waals surface area contributed by atoms with Crippen LogP contribution in [0.3, 0.4) is 0 Å². The third-order valence-corrected chi connectivity index (χ3v) is 5.93. The first kappa shape index (κ1) is 25.4. The van der Waals surface area contributed by atoms with E-state index in [1.165, 1.54) is 37.9 Å². The molecule has 0 amide bonds. The molecule has 0 aliphatic carbocycles. The lowest BCUT2D eigenvalue weighted by Crippen LogP contribution is -2.24. The fourth-order valence-electron chi connectivity index (χ4n) is 4.14. The van der Waals surface area contributed by atoms with Crippen LogP contribution in [0.15, 0.2) is 77.2 Å². The minimum atomic E-state index is 0.205. The highest BCUT2D eigenvalue weighted by Gasteiger charge is 2.16. The number of aromatic hydroxyl groups is 1. The molecule has 3 aromatic carbocycles. The zero-order chi connectivity index (χ0) is 24.3. The molecular weight excluding hydrogens is 422 g/mol. The summed E-state index contributed by atoms with van der Waals surface area (Å²) in [5, 5.41) is 10.8. The maximum Gasteiger partial charge on any atom is 0.138 e. The zero-order valence-corrected chi connectivity index (χ0v) is 20.9. The summed E-state index contributed by atoms with van der Waals surface area (Å²) in [5.41, 5.74) is 4.02. The number of fused-ring (bicyclic) bond motifs is 1. The molecule has 1 fully saturated rings. The number of furan rings is 1. The van der Waals surface area contributed by atoms with Gasteiger partial charge in [0.25, 0.3) is 0 Å². The number of methoxy groups -OCH3 is 1. The Hall–Kier alpha value is -3.24. The molecule has 180 valence electrons. The van der Waals surface area contributed by atoms with Crippen LogP contribution in [0.1, 0.15) is 44.2 Å². The fourth-order valence-corrected chi connectivity index (χ4v) is 4.14. The van der Waals surface area contributed by atoms with Gasteiger partial charge in [0.2, 0.25) is 0 Å². The molecule has 0 spiro atoms. The number of likely N-dealkylation sites (tertiary alicyclic amines) is 1. The molecule has 1 aromatic heterocycles. The predicted molar refractivity (Wildman–Crippen MR) is 142 cm³/mol. The van der Waals surface area contributed by atoms with Crippen molar-refractivity contribution in [1.29, 1.82) is 0 Å². The van der Waals surface area contributed by atoms with Gasteiger partial charge in [-0.3, -0.25) is 0 Å². The number of rotatable bonds is 4. The molecule has 0 unspecified atom stereocenters. The minimum absolute atomic E-state index is 0.205. The molecule has 1 saturated heterocycles. The van der Waals surface area contributed by atoms with E-state index in [1.54, 1.807) is 19.2 Å². The van der Waals surface area contributed by atoms with Crippen LogP contribution in [0.4, 0.5) is 0 Å². The SMILES string of the molecule is CC.CN1CCCCC1.COc1ccc(Cc2c(-c3ccccc3)oc3cc(O)ccc23)cc1. The van der Waals surface area contributed by atoms with Crippen molar-refractivity contribution in [3.8, 4) is 22.8 Å². The molecule has 0 atom stereocenters. The minimum Gasteiger partial charge on any atom is -0.508 e. The molecule has 4 nitrogen and oxygen atoms in total. The smallest absolute Gasteiger partial charge is 0.138 e. The molecule has 0 bridgehead atoms. The third-order valence-electron chi connectivity index (χ3n) is 5.93. The Morgan fingerprint density at radius 1 is 0.882 bits per heavy atom. The van der Waals surface area contributed by atoms with Crippen LogP contribution in [0.2, 0.25) is 0 Å². The van der Waals surface area contributed by atoms with Crippen LogP contribution in [-0.4, -0.2) is 37.3 Å². The first-order chi connectivity index (χ1) is 16.6. The highest BCUT2D eigenvalue weighted by Crippen LogP contribution is 2.36. The highest BCUT2D eigenvalue weighted by molar-refractivity contribution is 5.89. The number of benzene rings is 3. The third kappa shape index (κ3) is 6.64. The summed E-state index contributed by atoms with van der Waals surface area (Å²) in [5.74, 6) is 1.89. The maximum atomic E-state index is 9.77. The number of nitrogens with zero attached hydrogens (tertiary/aromatic N) is 1. The second-order valence-electron chi connectivity index (χ2n) is 8.35. The van der Waals surface area contributed by atoms with Gasteiger partial charge in [-0.1, -0.05) is 62.7 Å². The number of piperidine rings is 1. The first-order valence-corrected chi connectivity index (χ1v) is 12.3. The number of hydrogen-bond acceptors (Lipinski definition) is 4. The van der Waals surface area contributed by atoms with E-state index in [1.807, 2.05) is 62.4 Å². The summed E-state index contributed by atoms with van der Waals surface area (Å²) in [4.78, 5) is 2.39. The zero-order valence-electron chi connectivity index (χ0n) is 20.9. The van der Waals surface area contributed by atoms with Crippen LogP contribution in [-0.2, 0) is 6.42 Å². The summed E-state index contributed by atoms with van der Waals surface area (Å²) in [6.45, 7) is 6.64. The van der Waals surface area contributed by atoms with Gasteiger partial charge >= 0.3 is 0 Å². The van der Waals surface area contributed by atoms with Crippen molar-refractivity contribution in [1.82, 2.24) is 4.90 Å². The molecule has 2 heterocycles. The molecule has 34 heavy (non-hydrogen) atoms. The second kappa shape index (κ2) is 12.9. The van der Waals surface area contributed by atoms with Gasteiger partial charge in [0.05, 0.1) is 7.11 Å². The summed E-state index contributed by atoms with van der Waals surface area (Å²) >= 11 is 0. The van der Waals surface area contributed by atoms with Gasteiger partial charge in [-0.05, 0) is 62.8 Å². The van der Waals surface area contributed by atoms with Crippen molar-refractivity contribution < 1.29 is 14.3 Å². The Balaban J connectivity index is 0.000000306. The van der Waals surface area contributed by atoms with Gasteiger partial charge < -0.3 is 19.2 Å². The number of phenolic OH excluding ortho intramolecular Hbond substituents is 1. The molecule has 1 N–H and O–H groups in total. The van der Waals surface area contributed by atoms with E-state index in [0.29, 0.717) is 5.58 Å². The fraction of sp³-hybridized carbons (Fsp3) is 0.333. The van der Waals surface area contributed by atoms with Gasteiger partial charge in [-0.25, -0.2) is 0 Å². The quantitative estimate of drug-likeness (QED) is 0.342. The van der Waals surface area contributed by atoms with Crippen molar-refractivity contribution in [2.45, 2.75) is 39.5 Å². The van der Waals surface area contributed by atoms with Crippen LogP contribution in [0, 0.1) is 0 Å². The van der Waals surface area contributed by atoms with Gasteiger partial charge in [-0.2, -0.15) is 0 Å². The van der Waals surface area contributed by atoms with E-state index >= 15 is 0 Å². The summed E-state index contributed by atoms with van der Waals surface area (Å²) < 4.78 is 11.3. The van der Waals surface area contributed by atoms with E-state index < -0.39 is 0 Å². The second-order valence-corrected chi connectivity index (χ2v) is 8.35. The van der Waals surface area contributed by atoms with E-state index in [-0.39, 0.29) is 5.75 Å². The Morgan fingerprint density at radius 2 is 1.56 bits per heavy atom. The average Bonchev–Trinajstić information content (AvgIpc) is 3.24. The lowest BCUT2D eigenvalue weighted by molar-refractivity contribution is 0.277. The normalized spacial score (nSPS) is 13.4. The van der Waals surface area contributed by atoms with Crippen molar-refractivity contribution in [3.63, 3.8) is 0 Å². The first-order valence-electron chi connectivity index (χ1n) is 12.3. The summed E-state index contributed by atoms with van der Waals surface area (Å²) in [6, 6.07) is 23.4. The lowest BCUT2D eigenvalue weighted by Gasteiger charge is -2.20. The van der Waals surface area contributed by atoms with Crippen molar-refractivity contribution in [2.24, 2.45) is 0 Å². The molecular formula is C30H37NO3. The van der Waals surface area contributed by atoms with Crippen molar-refractivity contribution in [3.05, 3.63) is 83.9 Å². The molecule has 4 heteroatoms.